The standard InChI is InChI=1S/C28H33ClN2O3/c29-24-9-3-21(4-10-24)28(22-5-11-25(12-6-22)30(16-18-32)17-19-33)23-7-13-26(14-8-23)31-15-1-2-27(34)20-31/h3-14,27-28,32-34H,1-2,15-20H2. The highest BCUT2D eigenvalue weighted by molar-refractivity contribution is 6.30. The molecule has 1 aliphatic rings. The van der Waals surface area contributed by atoms with Crippen LogP contribution in [0, 0.1) is 0 Å². The lowest BCUT2D eigenvalue weighted by molar-refractivity contribution is 0.154. The van der Waals surface area contributed by atoms with Crippen molar-refractivity contribution in [1.82, 2.24) is 0 Å². The molecule has 1 fully saturated rings. The number of anilines is 2. The molecule has 3 N–H and O–H groups in total. The SMILES string of the molecule is OCCN(CCO)c1ccc(C(c2ccc(Cl)cc2)c2ccc(N3CCCC(O)C3)cc2)cc1. The van der Waals surface area contributed by atoms with Gasteiger partial charge in [-0.2, -0.15) is 0 Å². The molecule has 180 valence electrons. The second kappa shape index (κ2) is 11.7. The van der Waals surface area contributed by atoms with Crippen molar-refractivity contribution >= 4 is 23.0 Å². The number of benzene rings is 3. The average Bonchev–Trinajstić information content (AvgIpc) is 2.86. The van der Waals surface area contributed by atoms with Gasteiger partial charge in [-0.25, -0.2) is 0 Å². The van der Waals surface area contributed by atoms with Crippen LogP contribution in [0.2, 0.25) is 5.02 Å². The van der Waals surface area contributed by atoms with Gasteiger partial charge in [0, 0.05) is 48.5 Å². The summed E-state index contributed by atoms with van der Waals surface area (Å²) < 4.78 is 0. The average molecular weight is 481 g/mol. The molecule has 4 rings (SSSR count). The van der Waals surface area contributed by atoms with Gasteiger partial charge in [0.1, 0.15) is 0 Å². The highest BCUT2D eigenvalue weighted by Gasteiger charge is 2.20. The Bertz CT molecular complexity index is 971. The number of hydrogen-bond donors (Lipinski definition) is 3. The Balaban J connectivity index is 1.64. The molecular formula is C28H33ClN2O3. The fraction of sp³-hybridized carbons (Fsp3) is 0.357. The molecule has 0 saturated carbocycles. The van der Waals surface area contributed by atoms with Crippen LogP contribution in [0.1, 0.15) is 35.4 Å². The van der Waals surface area contributed by atoms with Crippen LogP contribution in [-0.4, -0.2) is 60.8 Å². The minimum Gasteiger partial charge on any atom is -0.395 e. The van der Waals surface area contributed by atoms with Crippen molar-refractivity contribution in [2.24, 2.45) is 0 Å². The van der Waals surface area contributed by atoms with E-state index in [4.69, 9.17) is 11.6 Å². The van der Waals surface area contributed by atoms with Gasteiger partial charge >= 0.3 is 0 Å². The van der Waals surface area contributed by atoms with Crippen LogP contribution in [0.25, 0.3) is 0 Å². The number of rotatable bonds is 9. The zero-order chi connectivity index (χ0) is 23.9. The maximum atomic E-state index is 10.0. The summed E-state index contributed by atoms with van der Waals surface area (Å²) in [5, 5.41) is 29.5. The molecule has 0 spiro atoms. The molecular weight excluding hydrogens is 448 g/mol. The van der Waals surface area contributed by atoms with Crippen molar-refractivity contribution in [3.63, 3.8) is 0 Å². The Morgan fingerprint density at radius 1 is 0.824 bits per heavy atom. The van der Waals surface area contributed by atoms with Gasteiger partial charge < -0.3 is 25.1 Å². The van der Waals surface area contributed by atoms with Crippen molar-refractivity contribution < 1.29 is 15.3 Å². The van der Waals surface area contributed by atoms with Gasteiger partial charge in [-0.15, -0.1) is 0 Å². The molecule has 0 bridgehead atoms. The molecule has 0 radical (unpaired) electrons. The van der Waals surface area contributed by atoms with E-state index in [1.165, 1.54) is 5.56 Å². The Morgan fingerprint density at radius 3 is 1.88 bits per heavy atom. The zero-order valence-corrected chi connectivity index (χ0v) is 20.1. The molecule has 1 aliphatic heterocycles. The lowest BCUT2D eigenvalue weighted by Crippen LogP contribution is -2.38. The van der Waals surface area contributed by atoms with Crippen LogP contribution in [0.4, 0.5) is 11.4 Å². The van der Waals surface area contributed by atoms with Gasteiger partial charge in [0.15, 0.2) is 0 Å². The van der Waals surface area contributed by atoms with Crippen LogP contribution >= 0.6 is 11.6 Å². The van der Waals surface area contributed by atoms with E-state index in [1.807, 2.05) is 29.2 Å². The maximum absolute atomic E-state index is 10.0. The summed E-state index contributed by atoms with van der Waals surface area (Å²) in [6.07, 6.45) is 1.62. The molecule has 2 unspecified atom stereocenters. The second-order valence-electron chi connectivity index (χ2n) is 8.84. The third-order valence-corrected chi connectivity index (χ3v) is 6.77. The quantitative estimate of drug-likeness (QED) is 0.399. The fourth-order valence-corrected chi connectivity index (χ4v) is 4.91. The van der Waals surface area contributed by atoms with Gasteiger partial charge in [-0.05, 0) is 65.9 Å². The minimum absolute atomic E-state index is 0.0372. The molecule has 34 heavy (non-hydrogen) atoms. The lowest BCUT2D eigenvalue weighted by atomic mass is 9.85. The van der Waals surface area contributed by atoms with Crippen molar-refractivity contribution in [3.05, 3.63) is 94.5 Å². The summed E-state index contributed by atoms with van der Waals surface area (Å²) in [7, 11) is 0. The number of aliphatic hydroxyl groups excluding tert-OH is 3. The van der Waals surface area contributed by atoms with Gasteiger partial charge in [-0.1, -0.05) is 48.0 Å². The summed E-state index contributed by atoms with van der Waals surface area (Å²) in [4.78, 5) is 4.23. The van der Waals surface area contributed by atoms with Crippen LogP contribution in [0.5, 0.6) is 0 Å². The van der Waals surface area contributed by atoms with Crippen molar-refractivity contribution in [1.29, 1.82) is 0 Å². The molecule has 0 aromatic heterocycles. The molecule has 0 aliphatic carbocycles. The van der Waals surface area contributed by atoms with E-state index in [2.05, 4.69) is 53.4 Å². The minimum atomic E-state index is -0.259. The van der Waals surface area contributed by atoms with Crippen LogP contribution in [0.3, 0.4) is 0 Å². The summed E-state index contributed by atoms with van der Waals surface area (Å²) in [6, 6.07) is 25.0. The van der Waals surface area contributed by atoms with Crippen LogP contribution < -0.4 is 9.80 Å². The van der Waals surface area contributed by atoms with E-state index >= 15 is 0 Å². The third-order valence-electron chi connectivity index (χ3n) is 6.52. The Kier molecular flexibility index (Phi) is 8.46. The van der Waals surface area contributed by atoms with E-state index in [9.17, 15) is 15.3 Å². The van der Waals surface area contributed by atoms with Gasteiger partial charge in [-0.3, -0.25) is 0 Å². The van der Waals surface area contributed by atoms with E-state index < -0.39 is 0 Å². The van der Waals surface area contributed by atoms with Crippen LogP contribution in [0.15, 0.2) is 72.8 Å². The number of hydrogen-bond acceptors (Lipinski definition) is 5. The maximum Gasteiger partial charge on any atom is 0.0715 e. The van der Waals surface area contributed by atoms with Crippen molar-refractivity contribution in [2.75, 3.05) is 49.2 Å². The van der Waals surface area contributed by atoms with Crippen molar-refractivity contribution in [2.45, 2.75) is 24.9 Å². The van der Waals surface area contributed by atoms with E-state index in [-0.39, 0.29) is 25.2 Å². The number of β-amino-alcohol motifs (C(OH)–C–C–N with tert-alkyl or cyclic N) is 1. The summed E-state index contributed by atoms with van der Waals surface area (Å²) in [6.45, 7) is 2.68. The number of halogens is 1. The van der Waals surface area contributed by atoms with E-state index in [0.29, 0.717) is 24.7 Å². The zero-order valence-electron chi connectivity index (χ0n) is 19.4. The Labute approximate surface area is 206 Å². The molecule has 0 amide bonds. The predicted molar refractivity (Wildman–Crippen MR) is 139 cm³/mol. The molecule has 2 atom stereocenters. The van der Waals surface area contributed by atoms with Gasteiger partial charge in [0.2, 0.25) is 0 Å². The van der Waals surface area contributed by atoms with Gasteiger partial charge in [0.25, 0.3) is 0 Å². The van der Waals surface area contributed by atoms with E-state index in [1.54, 1.807) is 0 Å². The molecule has 6 heteroatoms. The highest BCUT2D eigenvalue weighted by Crippen LogP contribution is 2.35. The third kappa shape index (κ3) is 5.91. The van der Waals surface area contributed by atoms with Gasteiger partial charge in [0.05, 0.1) is 19.3 Å². The first kappa shape index (κ1) is 24.6. The number of nitrogens with zero attached hydrogens (tertiary/aromatic N) is 2. The molecule has 1 heterocycles. The normalized spacial score (nSPS) is 16.9. The number of aliphatic hydroxyl groups is 3. The smallest absolute Gasteiger partial charge is 0.0715 e. The highest BCUT2D eigenvalue weighted by atomic mass is 35.5. The molecule has 1 saturated heterocycles. The Morgan fingerprint density at radius 2 is 1.35 bits per heavy atom. The molecule has 3 aromatic carbocycles. The number of piperidine rings is 1. The molecule has 3 aromatic rings. The summed E-state index contributed by atoms with van der Waals surface area (Å²) in [5.74, 6) is 0.0384. The van der Waals surface area contributed by atoms with E-state index in [0.717, 1.165) is 41.9 Å². The monoisotopic (exact) mass is 480 g/mol. The van der Waals surface area contributed by atoms with Crippen molar-refractivity contribution in [3.8, 4) is 0 Å². The second-order valence-corrected chi connectivity index (χ2v) is 9.28. The first-order chi connectivity index (χ1) is 16.6. The largest absolute Gasteiger partial charge is 0.395 e. The summed E-state index contributed by atoms with van der Waals surface area (Å²) in [5.41, 5.74) is 5.59. The fourth-order valence-electron chi connectivity index (χ4n) is 4.79. The predicted octanol–water partition coefficient (Wildman–Crippen LogP) is 4.27. The topological polar surface area (TPSA) is 67.2 Å². The first-order valence-corrected chi connectivity index (χ1v) is 12.3. The molecule has 5 nitrogen and oxygen atoms in total. The van der Waals surface area contributed by atoms with Crippen LogP contribution in [-0.2, 0) is 0 Å². The first-order valence-electron chi connectivity index (χ1n) is 11.9. The summed E-state index contributed by atoms with van der Waals surface area (Å²) >= 11 is 6.17. The Hall–Kier alpha value is -2.57. The lowest BCUT2D eigenvalue weighted by Gasteiger charge is -2.32.